The highest BCUT2D eigenvalue weighted by molar-refractivity contribution is 7.00. The van der Waals surface area contributed by atoms with Gasteiger partial charge < -0.3 is 0 Å². The number of aromatic nitrogens is 2. The van der Waals surface area contributed by atoms with Crippen LogP contribution in [0, 0.1) is 0 Å². The fraction of sp³-hybridized carbons (Fsp3) is 0. The minimum absolute atomic E-state index is 0.624. The van der Waals surface area contributed by atoms with E-state index in [9.17, 15) is 0 Å². The van der Waals surface area contributed by atoms with E-state index in [1.54, 1.807) is 0 Å². The quantitative estimate of drug-likeness (QED) is 0.603. The Labute approximate surface area is 99.8 Å². The molecule has 5 heteroatoms. The Hall–Kier alpha value is -0.900. The molecule has 0 aliphatic heterocycles. The van der Waals surface area contributed by atoms with Crippen molar-refractivity contribution in [1.29, 1.82) is 0 Å². The van der Waals surface area contributed by atoms with E-state index in [-0.39, 0.29) is 0 Å². The van der Waals surface area contributed by atoms with Crippen LogP contribution < -0.4 is 0 Å². The molecule has 0 fully saturated rings. The zero-order valence-electron chi connectivity index (χ0n) is 7.37. The lowest BCUT2D eigenvalue weighted by Gasteiger charge is -2.02. The molecule has 0 aliphatic rings. The summed E-state index contributed by atoms with van der Waals surface area (Å²) >= 11 is 13.6. The molecular formula is C10H4Cl2N2S. The summed E-state index contributed by atoms with van der Waals surface area (Å²) in [4.78, 5) is 0. The predicted molar refractivity (Wildman–Crippen MR) is 64.9 cm³/mol. The number of hydrogen-bond donors (Lipinski definition) is 0. The third-order valence-corrected chi connectivity index (χ3v) is 3.60. The van der Waals surface area contributed by atoms with Gasteiger partial charge in [0.2, 0.25) is 0 Å². The van der Waals surface area contributed by atoms with Gasteiger partial charge in [-0.15, -0.1) is 0 Å². The highest BCUT2D eigenvalue weighted by Crippen LogP contribution is 2.37. The largest absolute Gasteiger partial charge is 0.171 e. The third-order valence-electron chi connectivity index (χ3n) is 2.30. The molecule has 0 unspecified atom stereocenters. The van der Waals surface area contributed by atoms with Crippen molar-refractivity contribution in [3.05, 3.63) is 34.3 Å². The SMILES string of the molecule is Clc1c2ccccc2c(Cl)c2nsnc12. The molecular weight excluding hydrogens is 251 g/mol. The molecule has 0 radical (unpaired) electrons. The van der Waals surface area contributed by atoms with Crippen LogP contribution in [-0.4, -0.2) is 8.75 Å². The van der Waals surface area contributed by atoms with Crippen LogP contribution >= 0.6 is 34.9 Å². The Bertz CT molecular complexity index is 607. The molecule has 0 saturated heterocycles. The topological polar surface area (TPSA) is 25.8 Å². The lowest BCUT2D eigenvalue weighted by atomic mass is 10.1. The standard InChI is InChI=1S/C10H4Cl2N2S/c11-7-5-3-1-2-4-6(5)8(12)10-9(7)13-15-14-10/h1-4H. The molecule has 15 heavy (non-hydrogen) atoms. The molecule has 1 aromatic heterocycles. The van der Waals surface area contributed by atoms with Crippen LogP contribution in [-0.2, 0) is 0 Å². The maximum atomic E-state index is 6.23. The number of fused-ring (bicyclic) bond motifs is 2. The molecule has 1 heterocycles. The lowest BCUT2D eigenvalue weighted by molar-refractivity contribution is 1.67. The van der Waals surface area contributed by atoms with E-state index in [1.807, 2.05) is 24.3 Å². The molecule has 0 amide bonds. The summed E-state index contributed by atoms with van der Waals surface area (Å²) in [5.41, 5.74) is 1.37. The molecule has 3 aromatic rings. The van der Waals surface area contributed by atoms with Gasteiger partial charge in [-0.25, -0.2) is 0 Å². The molecule has 0 bridgehead atoms. The van der Waals surface area contributed by atoms with Gasteiger partial charge in [-0.1, -0.05) is 47.5 Å². The van der Waals surface area contributed by atoms with E-state index in [1.165, 1.54) is 0 Å². The van der Waals surface area contributed by atoms with Gasteiger partial charge in [0.1, 0.15) is 11.0 Å². The number of halogens is 2. The zero-order valence-corrected chi connectivity index (χ0v) is 9.70. The van der Waals surface area contributed by atoms with Crippen LogP contribution in [0.2, 0.25) is 10.0 Å². The summed E-state index contributed by atoms with van der Waals surface area (Å²) in [6.07, 6.45) is 0. The molecule has 2 aromatic carbocycles. The van der Waals surface area contributed by atoms with Crippen molar-refractivity contribution >= 4 is 56.7 Å². The van der Waals surface area contributed by atoms with E-state index >= 15 is 0 Å². The van der Waals surface area contributed by atoms with Crippen molar-refractivity contribution in [2.24, 2.45) is 0 Å². The highest BCUT2D eigenvalue weighted by atomic mass is 35.5. The molecule has 74 valence electrons. The van der Waals surface area contributed by atoms with Crippen LogP contribution in [0.4, 0.5) is 0 Å². The monoisotopic (exact) mass is 254 g/mol. The highest BCUT2D eigenvalue weighted by Gasteiger charge is 2.13. The van der Waals surface area contributed by atoms with E-state index in [4.69, 9.17) is 23.2 Å². The Balaban J connectivity index is 2.69. The van der Waals surface area contributed by atoms with Crippen molar-refractivity contribution in [2.75, 3.05) is 0 Å². The smallest absolute Gasteiger partial charge is 0.125 e. The zero-order chi connectivity index (χ0) is 10.4. The second-order valence-corrected chi connectivity index (χ2v) is 4.42. The van der Waals surface area contributed by atoms with Crippen molar-refractivity contribution in [2.45, 2.75) is 0 Å². The normalized spacial score (nSPS) is 11.3. The first-order valence-corrected chi connectivity index (χ1v) is 5.75. The Kier molecular flexibility index (Phi) is 2.06. The molecule has 0 saturated carbocycles. The van der Waals surface area contributed by atoms with Gasteiger partial charge in [-0.2, -0.15) is 8.75 Å². The third kappa shape index (κ3) is 1.24. The molecule has 3 rings (SSSR count). The van der Waals surface area contributed by atoms with E-state index < -0.39 is 0 Å². The molecule has 0 aliphatic carbocycles. The minimum Gasteiger partial charge on any atom is -0.171 e. The van der Waals surface area contributed by atoms with Crippen LogP contribution in [0.15, 0.2) is 24.3 Å². The van der Waals surface area contributed by atoms with Crippen molar-refractivity contribution in [3.8, 4) is 0 Å². The number of hydrogen-bond acceptors (Lipinski definition) is 3. The van der Waals surface area contributed by atoms with E-state index in [0.29, 0.717) is 21.1 Å². The van der Waals surface area contributed by atoms with Crippen LogP contribution in [0.3, 0.4) is 0 Å². The lowest BCUT2D eigenvalue weighted by Crippen LogP contribution is -1.80. The van der Waals surface area contributed by atoms with Crippen molar-refractivity contribution in [1.82, 2.24) is 8.75 Å². The summed E-state index contributed by atoms with van der Waals surface area (Å²) < 4.78 is 8.29. The molecule has 0 spiro atoms. The maximum absolute atomic E-state index is 6.23. The van der Waals surface area contributed by atoms with Gasteiger partial charge in [0.25, 0.3) is 0 Å². The maximum Gasteiger partial charge on any atom is 0.125 e. The van der Waals surface area contributed by atoms with Crippen molar-refractivity contribution < 1.29 is 0 Å². The Morgan fingerprint density at radius 3 is 1.80 bits per heavy atom. The van der Waals surface area contributed by atoms with Gasteiger partial charge in [0.15, 0.2) is 0 Å². The predicted octanol–water partition coefficient (Wildman–Crippen LogP) is 4.15. The summed E-state index contributed by atoms with van der Waals surface area (Å²) in [5, 5.41) is 3.09. The van der Waals surface area contributed by atoms with Gasteiger partial charge >= 0.3 is 0 Å². The first-order valence-electron chi connectivity index (χ1n) is 4.27. The van der Waals surface area contributed by atoms with Gasteiger partial charge in [0, 0.05) is 10.8 Å². The fourth-order valence-corrected chi connectivity index (χ4v) is 2.85. The van der Waals surface area contributed by atoms with E-state index in [0.717, 1.165) is 22.5 Å². The molecule has 0 atom stereocenters. The Morgan fingerprint density at radius 1 is 0.867 bits per heavy atom. The van der Waals surface area contributed by atoms with Gasteiger partial charge in [-0.3, -0.25) is 0 Å². The second kappa shape index (κ2) is 3.30. The number of benzene rings is 2. The summed E-state index contributed by atoms with van der Waals surface area (Å²) in [5.74, 6) is 0. The number of nitrogens with zero attached hydrogens (tertiary/aromatic N) is 2. The van der Waals surface area contributed by atoms with Gasteiger partial charge in [0.05, 0.1) is 21.8 Å². The minimum atomic E-state index is 0.624. The fourth-order valence-electron chi connectivity index (χ4n) is 1.60. The Morgan fingerprint density at radius 2 is 1.33 bits per heavy atom. The molecule has 2 nitrogen and oxygen atoms in total. The van der Waals surface area contributed by atoms with Gasteiger partial charge in [-0.05, 0) is 0 Å². The average Bonchev–Trinajstić information content (AvgIpc) is 2.75. The summed E-state index contributed by atoms with van der Waals surface area (Å²) in [6, 6.07) is 7.72. The summed E-state index contributed by atoms with van der Waals surface area (Å²) in [7, 11) is 0. The van der Waals surface area contributed by atoms with E-state index in [2.05, 4.69) is 8.75 Å². The first-order chi connectivity index (χ1) is 7.29. The summed E-state index contributed by atoms with van der Waals surface area (Å²) in [6.45, 7) is 0. The molecule has 0 N–H and O–H groups in total. The second-order valence-electron chi connectivity index (χ2n) is 3.13. The van der Waals surface area contributed by atoms with Crippen LogP contribution in [0.1, 0.15) is 0 Å². The first kappa shape index (κ1) is 9.33. The van der Waals surface area contributed by atoms with Crippen LogP contribution in [0.25, 0.3) is 21.8 Å². The van der Waals surface area contributed by atoms with Crippen LogP contribution in [0.5, 0.6) is 0 Å². The average molecular weight is 255 g/mol. The number of rotatable bonds is 0. The van der Waals surface area contributed by atoms with Crippen molar-refractivity contribution in [3.63, 3.8) is 0 Å².